The highest BCUT2D eigenvalue weighted by Crippen LogP contribution is 2.62. The fourth-order valence-electron chi connectivity index (χ4n) is 9.52. The summed E-state index contributed by atoms with van der Waals surface area (Å²) >= 11 is 0. The van der Waals surface area contributed by atoms with Crippen molar-refractivity contribution in [2.75, 3.05) is 0 Å². The Kier molecular flexibility index (Phi) is 9.24. The van der Waals surface area contributed by atoms with E-state index in [1.807, 2.05) is 66.7 Å². The van der Waals surface area contributed by atoms with Gasteiger partial charge in [-0.25, -0.2) is 20.0 Å². The minimum Gasteiger partial charge on any atom is -0.245 e. The van der Waals surface area contributed by atoms with E-state index >= 15 is 0 Å². The molecular weight excluding hydrogens is 753 g/mol. The first-order chi connectivity index (χ1) is 30.7. The van der Waals surface area contributed by atoms with Gasteiger partial charge in [0.05, 0.1) is 22.5 Å². The summed E-state index contributed by atoms with van der Waals surface area (Å²) in [6, 6.07) is 77.0. The highest BCUT2D eigenvalue weighted by Gasteiger charge is 2.52. The first-order valence-electron chi connectivity index (χ1n) is 21.0. The second-order valence-corrected chi connectivity index (χ2v) is 15.8. The van der Waals surface area contributed by atoms with E-state index in [9.17, 15) is 0 Å². The van der Waals surface area contributed by atoms with E-state index in [0.717, 1.165) is 56.0 Å². The third-order valence-electron chi connectivity index (χ3n) is 12.4. The lowest BCUT2D eigenvalue weighted by atomic mass is 9.68. The first-order valence-corrected chi connectivity index (χ1v) is 21.0. The van der Waals surface area contributed by atoms with Gasteiger partial charge in [0.15, 0.2) is 11.7 Å². The van der Waals surface area contributed by atoms with Crippen LogP contribution in [0, 0.1) is 0 Å². The molecule has 62 heavy (non-hydrogen) atoms. The van der Waals surface area contributed by atoms with E-state index in [1.54, 1.807) is 0 Å². The molecule has 0 saturated heterocycles. The van der Waals surface area contributed by atoms with Gasteiger partial charge in [-0.15, -0.1) is 0 Å². The average molecular weight is 793 g/mol. The van der Waals surface area contributed by atoms with Crippen molar-refractivity contribution in [2.45, 2.75) is 11.8 Å². The third-order valence-corrected chi connectivity index (χ3v) is 12.4. The number of aromatic nitrogens is 2. The maximum Gasteiger partial charge on any atom is 0.160 e. The summed E-state index contributed by atoms with van der Waals surface area (Å²) in [6.07, 6.45) is 0.690. The van der Waals surface area contributed by atoms with Gasteiger partial charge >= 0.3 is 0 Å². The first kappa shape index (κ1) is 37.0. The van der Waals surface area contributed by atoms with Crippen molar-refractivity contribution in [1.29, 1.82) is 0 Å². The molecule has 0 bridgehead atoms. The topological polar surface area (TPSA) is 50.5 Å². The molecule has 2 aliphatic rings. The van der Waals surface area contributed by atoms with Crippen molar-refractivity contribution in [2.24, 2.45) is 9.98 Å². The fraction of sp³-hybridized carbons (Fsp3) is 0.0345. The SMILES string of the molecule is C=NC(=NC1=C(Cc2ccc(-c3ccc(-c4cc(-c5ccccc5)nc(-c5ccccc5)n4)cc3)cc2)C2(c3ccccc31)c1ccccc1-c1ccccc12)c1ccccc1. The zero-order valence-corrected chi connectivity index (χ0v) is 34.0. The van der Waals surface area contributed by atoms with Crippen molar-refractivity contribution in [3.05, 3.63) is 257 Å². The lowest BCUT2D eigenvalue weighted by Crippen LogP contribution is -2.28. The number of aliphatic imine (C=N–C) groups is 2. The van der Waals surface area contributed by atoms with Crippen LogP contribution in [0.2, 0.25) is 0 Å². The average Bonchev–Trinajstić information content (AvgIpc) is 3.80. The summed E-state index contributed by atoms with van der Waals surface area (Å²) in [7, 11) is 0. The van der Waals surface area contributed by atoms with Gasteiger partial charge in [0.1, 0.15) is 0 Å². The van der Waals surface area contributed by atoms with E-state index in [-0.39, 0.29) is 0 Å². The third kappa shape index (κ3) is 6.24. The number of amidine groups is 1. The highest BCUT2D eigenvalue weighted by atomic mass is 14.9. The van der Waals surface area contributed by atoms with Crippen LogP contribution in [0.3, 0.4) is 0 Å². The predicted molar refractivity (Wildman–Crippen MR) is 255 cm³/mol. The number of hydrogen-bond donors (Lipinski definition) is 0. The second-order valence-electron chi connectivity index (χ2n) is 15.8. The molecule has 1 heterocycles. The van der Waals surface area contributed by atoms with Gasteiger partial charge in [-0.3, -0.25) is 0 Å². The molecule has 4 nitrogen and oxygen atoms in total. The molecule has 8 aromatic carbocycles. The highest BCUT2D eigenvalue weighted by molar-refractivity contribution is 6.06. The molecule has 0 N–H and O–H groups in total. The van der Waals surface area contributed by atoms with Crippen LogP contribution in [0.4, 0.5) is 0 Å². The molecule has 1 spiro atoms. The van der Waals surface area contributed by atoms with Gasteiger partial charge in [0.25, 0.3) is 0 Å². The number of benzene rings is 8. The van der Waals surface area contributed by atoms with Crippen molar-refractivity contribution in [3.63, 3.8) is 0 Å². The minimum atomic E-state index is -0.526. The van der Waals surface area contributed by atoms with E-state index in [4.69, 9.17) is 15.0 Å². The lowest BCUT2D eigenvalue weighted by molar-refractivity contribution is 0.740. The largest absolute Gasteiger partial charge is 0.245 e. The Bertz CT molecular complexity index is 3080. The van der Waals surface area contributed by atoms with E-state index in [0.29, 0.717) is 18.1 Å². The zero-order valence-electron chi connectivity index (χ0n) is 34.0. The Morgan fingerprint density at radius 1 is 0.435 bits per heavy atom. The molecule has 0 radical (unpaired) electrons. The second kappa shape index (κ2) is 15.5. The maximum absolute atomic E-state index is 5.45. The smallest absolute Gasteiger partial charge is 0.160 e. The van der Waals surface area contributed by atoms with Gasteiger partial charge in [0, 0.05) is 27.8 Å². The van der Waals surface area contributed by atoms with Crippen LogP contribution in [0.5, 0.6) is 0 Å². The van der Waals surface area contributed by atoms with Gasteiger partial charge < -0.3 is 0 Å². The summed E-state index contributed by atoms with van der Waals surface area (Å²) in [4.78, 5) is 20.0. The molecule has 0 aliphatic heterocycles. The Labute approximate surface area is 362 Å². The molecule has 0 unspecified atom stereocenters. The summed E-state index contributed by atoms with van der Waals surface area (Å²) in [5.74, 6) is 1.32. The van der Waals surface area contributed by atoms with Crippen LogP contribution >= 0.6 is 0 Å². The molecule has 0 atom stereocenters. The van der Waals surface area contributed by atoms with Crippen LogP contribution in [-0.2, 0) is 11.8 Å². The number of rotatable bonds is 8. The lowest BCUT2D eigenvalue weighted by Gasteiger charge is -2.32. The Hall–Kier alpha value is -8.08. The van der Waals surface area contributed by atoms with E-state index in [1.165, 1.54) is 39.0 Å². The van der Waals surface area contributed by atoms with Crippen molar-refractivity contribution >= 4 is 18.3 Å². The summed E-state index contributed by atoms with van der Waals surface area (Å²) in [5, 5.41) is 0. The summed E-state index contributed by atoms with van der Waals surface area (Å²) < 4.78 is 0. The number of fused-ring (bicyclic) bond motifs is 7. The Morgan fingerprint density at radius 3 is 1.44 bits per heavy atom. The molecule has 0 amide bonds. The standard InChI is InChI=1S/C58H40N4/c1-59-56(44-19-7-3-8-20-44)62-55-48-25-13-16-28-51(48)58(49-26-14-11-23-46(49)47-24-12-15-27-50(47)58)52(55)37-39-29-31-40(32-30-39)41-33-35-43(36-34-41)54-38-53(42-17-5-2-6-18-42)60-57(61-54)45-21-9-4-10-22-45/h2-36,38H,1,37H2. The predicted octanol–water partition coefficient (Wildman–Crippen LogP) is 13.6. The Morgan fingerprint density at radius 2 is 0.871 bits per heavy atom. The van der Waals surface area contributed by atoms with E-state index < -0.39 is 5.41 Å². The molecular formula is C58H40N4. The Balaban J connectivity index is 0.988. The van der Waals surface area contributed by atoms with Crippen LogP contribution in [0.1, 0.15) is 33.4 Å². The molecule has 9 aromatic rings. The van der Waals surface area contributed by atoms with E-state index in [2.05, 4.69) is 163 Å². The van der Waals surface area contributed by atoms with Crippen LogP contribution in [0.25, 0.3) is 61.9 Å². The molecule has 0 fully saturated rings. The van der Waals surface area contributed by atoms with Crippen molar-refractivity contribution in [3.8, 4) is 56.2 Å². The molecule has 4 heteroatoms. The summed E-state index contributed by atoms with van der Waals surface area (Å²) in [5.41, 5.74) is 18.4. The number of nitrogens with zero attached hydrogens (tertiary/aromatic N) is 4. The van der Waals surface area contributed by atoms with Crippen molar-refractivity contribution in [1.82, 2.24) is 9.97 Å². The van der Waals surface area contributed by atoms with Gasteiger partial charge in [-0.05, 0) is 69.3 Å². The van der Waals surface area contributed by atoms with Gasteiger partial charge in [0.2, 0.25) is 0 Å². The maximum atomic E-state index is 5.45. The molecule has 0 saturated carbocycles. The molecule has 292 valence electrons. The molecule has 11 rings (SSSR count). The molecule has 1 aromatic heterocycles. The monoisotopic (exact) mass is 792 g/mol. The number of hydrogen-bond acceptors (Lipinski definition) is 3. The van der Waals surface area contributed by atoms with Crippen molar-refractivity contribution < 1.29 is 0 Å². The normalized spacial score (nSPS) is 13.5. The minimum absolute atomic E-state index is 0.526. The summed E-state index contributed by atoms with van der Waals surface area (Å²) in [6.45, 7) is 3.99. The quantitative estimate of drug-likeness (QED) is 0.114. The van der Waals surface area contributed by atoms with Gasteiger partial charge in [-0.1, -0.05) is 212 Å². The van der Waals surface area contributed by atoms with Crippen LogP contribution < -0.4 is 0 Å². The van der Waals surface area contributed by atoms with Crippen LogP contribution in [0.15, 0.2) is 234 Å². The molecule has 2 aliphatic carbocycles. The van der Waals surface area contributed by atoms with Crippen LogP contribution in [-0.4, -0.2) is 22.5 Å². The van der Waals surface area contributed by atoms with Gasteiger partial charge in [-0.2, -0.15) is 0 Å². The zero-order chi connectivity index (χ0) is 41.5. The number of allylic oxidation sites excluding steroid dienone is 1. The fourth-order valence-corrected chi connectivity index (χ4v) is 9.52.